The minimum Gasteiger partial charge on any atom is -0.508 e. The van der Waals surface area contributed by atoms with Crippen LogP contribution in [0, 0.1) is 5.41 Å². The zero-order valence-electron chi connectivity index (χ0n) is 24.8. The fourth-order valence-corrected chi connectivity index (χ4v) is 7.48. The van der Waals surface area contributed by atoms with E-state index < -0.39 is 6.03 Å². The number of nitrogens with two attached hydrogens (primary N) is 1. The maximum absolute atomic E-state index is 12.5. The summed E-state index contributed by atoms with van der Waals surface area (Å²) < 4.78 is 2.00. The van der Waals surface area contributed by atoms with Crippen molar-refractivity contribution in [2.45, 2.75) is 69.3 Å². The smallest absolute Gasteiger partial charge is 0.325 e. The monoisotopic (exact) mass is 621 g/mol. The van der Waals surface area contributed by atoms with Gasteiger partial charge in [0.1, 0.15) is 17.3 Å². The number of benzene rings is 2. The number of urea groups is 2. The van der Waals surface area contributed by atoms with Crippen LogP contribution in [0.4, 0.5) is 15.3 Å². The molecule has 13 heteroatoms. The first-order chi connectivity index (χ1) is 21.0. The van der Waals surface area contributed by atoms with Gasteiger partial charge in [-0.05, 0) is 54.7 Å². The highest BCUT2D eigenvalue weighted by Gasteiger charge is 2.42. The van der Waals surface area contributed by atoms with E-state index in [1.54, 1.807) is 12.1 Å². The summed E-state index contributed by atoms with van der Waals surface area (Å²) in [6.45, 7) is 4.76. The van der Waals surface area contributed by atoms with Crippen LogP contribution in [-0.2, 0) is 11.3 Å². The number of nitrogens with one attached hydrogen (secondary N) is 4. The molecule has 0 bridgehead atoms. The standard InChI is InChI=1S/C31H39N7O5S/c1-17(2)20-14-21(25(40)15-24(20)39)29(32)38(30(33)42)19-7-8-23-18(13-19)9-11-37(23)12-10-34-27(41)6-4-3-5-26-28-22(16-44-26)35-31(43)36-28/h7-9,11,13-15,17,22,26,28,32,39-40H,3-6,10,12,16H2,1-2H3,(H2,33,42)(H,34,41)(H2,35,36,43)/t22?,26-,28?/m0/s1. The number of aromatic hydroxyl groups is 2. The van der Waals surface area contributed by atoms with Gasteiger partial charge in [-0.2, -0.15) is 11.8 Å². The van der Waals surface area contributed by atoms with Crippen LogP contribution in [0.15, 0.2) is 42.6 Å². The molecule has 2 fully saturated rings. The Morgan fingerprint density at radius 1 is 1.16 bits per heavy atom. The summed E-state index contributed by atoms with van der Waals surface area (Å²) in [7, 11) is 0. The molecule has 2 aliphatic heterocycles. The van der Waals surface area contributed by atoms with E-state index in [0.717, 1.165) is 40.8 Å². The fourth-order valence-electron chi connectivity index (χ4n) is 5.93. The van der Waals surface area contributed by atoms with Crippen LogP contribution in [0.1, 0.15) is 56.6 Å². The molecule has 44 heavy (non-hydrogen) atoms. The molecule has 0 spiro atoms. The van der Waals surface area contributed by atoms with Crippen molar-refractivity contribution in [2.75, 3.05) is 17.2 Å². The third-order valence-corrected chi connectivity index (χ3v) is 9.74. The number of aromatic nitrogens is 1. The van der Waals surface area contributed by atoms with E-state index in [0.29, 0.717) is 36.0 Å². The van der Waals surface area contributed by atoms with Crippen molar-refractivity contribution in [1.29, 1.82) is 5.41 Å². The molecule has 2 aromatic carbocycles. The van der Waals surface area contributed by atoms with Crippen LogP contribution in [-0.4, -0.2) is 68.2 Å². The molecule has 5 rings (SSSR count). The van der Waals surface area contributed by atoms with Gasteiger partial charge in [0.2, 0.25) is 5.91 Å². The Labute approximate surface area is 259 Å². The number of anilines is 1. The summed E-state index contributed by atoms with van der Waals surface area (Å²) in [4.78, 5) is 37.5. The largest absolute Gasteiger partial charge is 0.508 e. The van der Waals surface area contributed by atoms with E-state index in [2.05, 4.69) is 16.0 Å². The third-order valence-electron chi connectivity index (χ3n) is 8.23. The predicted octanol–water partition coefficient (Wildman–Crippen LogP) is 3.93. The molecule has 3 heterocycles. The van der Waals surface area contributed by atoms with Crippen molar-refractivity contribution < 1.29 is 24.6 Å². The number of rotatable bonds is 11. The number of nitrogens with zero attached hydrogens (tertiary/aromatic N) is 2. The summed E-state index contributed by atoms with van der Waals surface area (Å²) in [5.74, 6) is 0.127. The molecular weight excluding hydrogens is 582 g/mol. The van der Waals surface area contributed by atoms with Crippen molar-refractivity contribution in [3.8, 4) is 11.5 Å². The average molecular weight is 622 g/mol. The number of phenolic OH excluding ortho intramolecular Hbond substituents is 2. The molecule has 3 atom stereocenters. The minimum absolute atomic E-state index is 0.00487. The summed E-state index contributed by atoms with van der Waals surface area (Å²) >= 11 is 1.88. The summed E-state index contributed by atoms with van der Waals surface area (Å²) in [6, 6.07) is 9.21. The number of phenols is 2. The average Bonchev–Trinajstić information content (AvgIpc) is 3.65. The third kappa shape index (κ3) is 6.57. The lowest BCUT2D eigenvalue weighted by molar-refractivity contribution is -0.121. The summed E-state index contributed by atoms with van der Waals surface area (Å²) in [6.07, 6.45) is 5.05. The van der Waals surface area contributed by atoms with Gasteiger partial charge in [-0.15, -0.1) is 0 Å². The Balaban J connectivity index is 1.15. The molecular formula is C31H39N7O5S. The number of thioether (sulfide) groups is 1. The Morgan fingerprint density at radius 2 is 1.95 bits per heavy atom. The Kier molecular flexibility index (Phi) is 9.23. The molecule has 1 aromatic heterocycles. The lowest BCUT2D eigenvalue weighted by Crippen LogP contribution is -2.41. The van der Waals surface area contributed by atoms with Crippen molar-refractivity contribution in [1.82, 2.24) is 20.5 Å². The Morgan fingerprint density at radius 3 is 2.70 bits per heavy atom. The van der Waals surface area contributed by atoms with E-state index in [1.807, 2.05) is 48.5 Å². The van der Waals surface area contributed by atoms with Crippen molar-refractivity contribution >= 4 is 52.2 Å². The number of fused-ring (bicyclic) bond motifs is 2. The van der Waals surface area contributed by atoms with Gasteiger partial charge in [0.15, 0.2) is 0 Å². The molecule has 0 radical (unpaired) electrons. The number of carbonyl (C=O) groups is 3. The molecule has 3 aromatic rings. The number of hydrogen-bond acceptors (Lipinski definition) is 7. The van der Waals surface area contributed by atoms with Crippen molar-refractivity contribution in [3.63, 3.8) is 0 Å². The zero-order chi connectivity index (χ0) is 31.5. The second kappa shape index (κ2) is 13.1. The first-order valence-electron chi connectivity index (χ1n) is 14.8. The van der Waals surface area contributed by atoms with E-state index >= 15 is 0 Å². The molecule has 2 aliphatic rings. The maximum Gasteiger partial charge on any atom is 0.325 e. The van der Waals surface area contributed by atoms with Gasteiger partial charge < -0.3 is 36.5 Å². The van der Waals surface area contributed by atoms with Crippen LogP contribution in [0.25, 0.3) is 10.9 Å². The quantitative estimate of drug-likeness (QED) is 0.0736. The number of amidine groups is 1. The molecule has 0 aliphatic carbocycles. The van der Waals surface area contributed by atoms with Gasteiger partial charge in [-0.25, -0.2) is 14.5 Å². The molecule has 2 unspecified atom stereocenters. The van der Waals surface area contributed by atoms with Gasteiger partial charge in [0.25, 0.3) is 0 Å². The van der Waals surface area contributed by atoms with Gasteiger partial charge in [-0.3, -0.25) is 10.2 Å². The van der Waals surface area contributed by atoms with E-state index in [1.165, 1.54) is 12.1 Å². The lowest BCUT2D eigenvalue weighted by Gasteiger charge is -2.23. The minimum atomic E-state index is -0.886. The number of unbranched alkanes of at least 4 members (excludes halogenated alkanes) is 1. The van der Waals surface area contributed by atoms with Crippen LogP contribution in [0.5, 0.6) is 11.5 Å². The molecule has 234 valence electrons. The topological polar surface area (TPSA) is 186 Å². The van der Waals surface area contributed by atoms with E-state index in [4.69, 9.17) is 11.1 Å². The van der Waals surface area contributed by atoms with E-state index in [9.17, 15) is 24.6 Å². The number of carbonyl (C=O) groups excluding carboxylic acids is 3. The lowest BCUT2D eigenvalue weighted by atomic mass is 9.98. The highest BCUT2D eigenvalue weighted by atomic mass is 32.2. The molecule has 8 N–H and O–H groups in total. The molecule has 2 saturated heterocycles. The second-order valence-corrected chi connectivity index (χ2v) is 12.8. The van der Waals surface area contributed by atoms with Gasteiger partial charge in [0, 0.05) is 53.7 Å². The van der Waals surface area contributed by atoms with Gasteiger partial charge in [-0.1, -0.05) is 20.3 Å². The van der Waals surface area contributed by atoms with E-state index in [-0.39, 0.29) is 52.8 Å². The van der Waals surface area contributed by atoms with Crippen LogP contribution < -0.4 is 26.6 Å². The molecule has 12 nitrogen and oxygen atoms in total. The molecule has 0 saturated carbocycles. The second-order valence-electron chi connectivity index (χ2n) is 11.6. The van der Waals surface area contributed by atoms with Crippen LogP contribution >= 0.6 is 11.8 Å². The maximum atomic E-state index is 12.5. The Hall–Kier alpha value is -4.39. The normalized spacial score (nSPS) is 19.1. The van der Waals surface area contributed by atoms with Crippen molar-refractivity contribution in [2.24, 2.45) is 5.73 Å². The highest BCUT2D eigenvalue weighted by Crippen LogP contribution is 2.35. The predicted molar refractivity (Wildman–Crippen MR) is 172 cm³/mol. The number of hydrogen-bond donors (Lipinski definition) is 7. The first-order valence-corrected chi connectivity index (χ1v) is 15.9. The first kappa shape index (κ1) is 31.0. The summed E-state index contributed by atoms with van der Waals surface area (Å²) in [5, 5.41) is 39.5. The Bertz CT molecular complexity index is 1590. The number of amides is 5. The SMILES string of the molecule is CC(C)c1cc(C(=N)N(C(N)=O)c2ccc3c(ccn3CCNC(=O)CCCC[C@@H]3SCC4NC(=O)NC43)c2)c(O)cc1O. The van der Waals surface area contributed by atoms with Gasteiger partial charge in [0.05, 0.1) is 23.3 Å². The molecule has 5 amide bonds. The van der Waals surface area contributed by atoms with Crippen molar-refractivity contribution in [3.05, 3.63) is 53.7 Å². The van der Waals surface area contributed by atoms with Crippen LogP contribution in [0.2, 0.25) is 0 Å². The zero-order valence-corrected chi connectivity index (χ0v) is 25.6. The fraction of sp³-hybridized carbons (Fsp3) is 0.419. The number of primary amides is 1. The van der Waals surface area contributed by atoms with Crippen LogP contribution in [0.3, 0.4) is 0 Å². The summed E-state index contributed by atoms with van der Waals surface area (Å²) in [5.41, 5.74) is 7.53. The highest BCUT2D eigenvalue weighted by molar-refractivity contribution is 8.00. The van der Waals surface area contributed by atoms with Gasteiger partial charge >= 0.3 is 12.1 Å².